The van der Waals surface area contributed by atoms with Gasteiger partial charge in [-0.2, -0.15) is 0 Å². The van der Waals surface area contributed by atoms with Crippen LogP contribution in [0.5, 0.6) is 0 Å². The highest BCUT2D eigenvalue weighted by Crippen LogP contribution is 2.13. The van der Waals surface area contributed by atoms with Gasteiger partial charge >= 0.3 is 17.9 Å². The zero-order valence-corrected chi connectivity index (χ0v) is 9.42. The standard InChI is InChI=1S/C12H12O6/c13-10(14)4-7-1-8(5-11(15)16)3-9(2-7)6-12(17)18/h1-3H,4-6H2,(H,13,14)(H,15,16)(H,17,18). The van der Waals surface area contributed by atoms with Gasteiger partial charge in [-0.05, 0) is 16.7 Å². The highest BCUT2D eigenvalue weighted by atomic mass is 16.4. The molecule has 6 nitrogen and oxygen atoms in total. The monoisotopic (exact) mass is 252 g/mol. The summed E-state index contributed by atoms with van der Waals surface area (Å²) < 4.78 is 0. The van der Waals surface area contributed by atoms with Gasteiger partial charge in [0.1, 0.15) is 0 Å². The first-order valence-corrected chi connectivity index (χ1v) is 5.14. The lowest BCUT2D eigenvalue weighted by Crippen LogP contribution is -2.07. The molecule has 1 rings (SSSR count). The largest absolute Gasteiger partial charge is 0.481 e. The lowest BCUT2D eigenvalue weighted by Gasteiger charge is -2.06. The van der Waals surface area contributed by atoms with Crippen molar-refractivity contribution in [2.75, 3.05) is 0 Å². The van der Waals surface area contributed by atoms with Crippen LogP contribution in [0, 0.1) is 0 Å². The Bertz CT molecular complexity index is 408. The molecule has 0 aliphatic rings. The Kier molecular flexibility index (Phi) is 4.42. The van der Waals surface area contributed by atoms with Gasteiger partial charge in [0.05, 0.1) is 19.3 Å². The maximum Gasteiger partial charge on any atom is 0.307 e. The van der Waals surface area contributed by atoms with Crippen LogP contribution in [-0.2, 0) is 33.6 Å². The van der Waals surface area contributed by atoms with Crippen LogP contribution in [0.1, 0.15) is 16.7 Å². The molecule has 1 aromatic carbocycles. The van der Waals surface area contributed by atoms with Gasteiger partial charge in [-0.25, -0.2) is 0 Å². The molecule has 0 amide bonds. The molecule has 0 heterocycles. The molecule has 0 aliphatic heterocycles. The van der Waals surface area contributed by atoms with E-state index in [0.717, 1.165) is 0 Å². The fraction of sp³-hybridized carbons (Fsp3) is 0.250. The maximum absolute atomic E-state index is 10.6. The molecule has 96 valence electrons. The highest BCUT2D eigenvalue weighted by Gasteiger charge is 2.09. The quantitative estimate of drug-likeness (QED) is 0.682. The second-order valence-electron chi connectivity index (χ2n) is 3.87. The smallest absolute Gasteiger partial charge is 0.307 e. The summed E-state index contributed by atoms with van der Waals surface area (Å²) in [5.41, 5.74) is 1.20. The van der Waals surface area contributed by atoms with E-state index in [4.69, 9.17) is 15.3 Å². The average Bonchev–Trinajstić information content (AvgIpc) is 2.12. The molecule has 3 N–H and O–H groups in total. The summed E-state index contributed by atoms with van der Waals surface area (Å²) in [6.07, 6.45) is -0.791. The molecule has 0 radical (unpaired) electrons. The van der Waals surface area contributed by atoms with Crippen molar-refractivity contribution in [2.24, 2.45) is 0 Å². The number of hydrogen-bond acceptors (Lipinski definition) is 3. The first kappa shape index (κ1) is 13.7. The zero-order chi connectivity index (χ0) is 13.7. The first-order chi connectivity index (χ1) is 8.36. The van der Waals surface area contributed by atoms with Crippen molar-refractivity contribution in [3.05, 3.63) is 34.9 Å². The Morgan fingerprint density at radius 1 is 0.667 bits per heavy atom. The number of carbonyl (C=O) groups is 3. The molecule has 6 heteroatoms. The van der Waals surface area contributed by atoms with Crippen molar-refractivity contribution < 1.29 is 29.7 Å². The summed E-state index contributed by atoms with van der Waals surface area (Å²) in [5.74, 6) is -3.16. The molecule has 0 fully saturated rings. The number of rotatable bonds is 6. The molecular formula is C12H12O6. The zero-order valence-electron chi connectivity index (χ0n) is 9.42. The van der Waals surface area contributed by atoms with Gasteiger partial charge in [0.25, 0.3) is 0 Å². The Hall–Kier alpha value is -2.37. The van der Waals surface area contributed by atoms with Crippen molar-refractivity contribution in [2.45, 2.75) is 19.3 Å². The summed E-state index contributed by atoms with van der Waals surface area (Å²) >= 11 is 0. The molecule has 0 atom stereocenters. The van der Waals surface area contributed by atoms with Crippen molar-refractivity contribution in [3.63, 3.8) is 0 Å². The van der Waals surface area contributed by atoms with Gasteiger partial charge in [-0.15, -0.1) is 0 Å². The summed E-state index contributed by atoms with van der Waals surface area (Å²) in [6, 6.07) is 4.40. The average molecular weight is 252 g/mol. The van der Waals surface area contributed by atoms with Crippen molar-refractivity contribution in [1.82, 2.24) is 0 Å². The second kappa shape index (κ2) is 5.81. The number of aliphatic carboxylic acids is 3. The summed E-state index contributed by atoms with van der Waals surface area (Å²) in [7, 11) is 0. The van der Waals surface area contributed by atoms with Crippen LogP contribution in [0.15, 0.2) is 18.2 Å². The van der Waals surface area contributed by atoms with Gasteiger partial charge in [0.15, 0.2) is 0 Å². The minimum atomic E-state index is -1.05. The molecule has 0 aliphatic carbocycles. The van der Waals surface area contributed by atoms with Gasteiger partial charge in [0, 0.05) is 0 Å². The fourth-order valence-electron chi connectivity index (χ4n) is 1.67. The van der Waals surface area contributed by atoms with E-state index in [9.17, 15) is 14.4 Å². The minimum Gasteiger partial charge on any atom is -0.481 e. The van der Waals surface area contributed by atoms with Gasteiger partial charge in [0.2, 0.25) is 0 Å². The van der Waals surface area contributed by atoms with Crippen molar-refractivity contribution in [1.29, 1.82) is 0 Å². The molecule has 1 aromatic rings. The molecule has 0 saturated heterocycles. The Balaban J connectivity index is 3.06. The minimum absolute atomic E-state index is 0.264. The molecule has 0 spiro atoms. The Labute approximate surface area is 102 Å². The van der Waals surface area contributed by atoms with Crippen molar-refractivity contribution in [3.8, 4) is 0 Å². The van der Waals surface area contributed by atoms with Crippen LogP contribution in [0.2, 0.25) is 0 Å². The molecule has 0 bridgehead atoms. The molecular weight excluding hydrogens is 240 g/mol. The number of carboxylic acids is 3. The predicted octanol–water partition coefficient (Wildman–Crippen LogP) is 0.568. The van der Waals surface area contributed by atoms with E-state index >= 15 is 0 Å². The van der Waals surface area contributed by atoms with E-state index in [0.29, 0.717) is 16.7 Å². The molecule has 18 heavy (non-hydrogen) atoms. The molecule has 0 aromatic heterocycles. The highest BCUT2D eigenvalue weighted by molar-refractivity contribution is 5.74. The third-order valence-corrected chi connectivity index (χ3v) is 2.18. The fourth-order valence-corrected chi connectivity index (χ4v) is 1.67. The number of hydrogen-bond donors (Lipinski definition) is 3. The lowest BCUT2D eigenvalue weighted by atomic mass is 10.00. The van der Waals surface area contributed by atoms with Gasteiger partial charge < -0.3 is 15.3 Å². The SMILES string of the molecule is O=C(O)Cc1cc(CC(=O)O)cc(CC(=O)O)c1. The Morgan fingerprint density at radius 3 is 1.06 bits per heavy atom. The van der Waals surface area contributed by atoms with E-state index in [-0.39, 0.29) is 19.3 Å². The predicted molar refractivity (Wildman–Crippen MR) is 60.5 cm³/mol. The molecule has 0 unspecified atom stereocenters. The van der Waals surface area contributed by atoms with Crippen LogP contribution in [0.25, 0.3) is 0 Å². The number of benzene rings is 1. The van der Waals surface area contributed by atoms with Crippen LogP contribution in [0.3, 0.4) is 0 Å². The van der Waals surface area contributed by atoms with Crippen molar-refractivity contribution >= 4 is 17.9 Å². The second-order valence-corrected chi connectivity index (χ2v) is 3.87. The maximum atomic E-state index is 10.6. The van der Waals surface area contributed by atoms with E-state index in [2.05, 4.69) is 0 Å². The van der Waals surface area contributed by atoms with E-state index < -0.39 is 17.9 Å². The van der Waals surface area contributed by atoms with E-state index in [1.165, 1.54) is 18.2 Å². The first-order valence-electron chi connectivity index (χ1n) is 5.14. The van der Waals surface area contributed by atoms with Crippen LogP contribution in [-0.4, -0.2) is 33.2 Å². The summed E-state index contributed by atoms with van der Waals surface area (Å²) in [5, 5.41) is 26.0. The van der Waals surface area contributed by atoms with Gasteiger partial charge in [-0.3, -0.25) is 14.4 Å². The van der Waals surface area contributed by atoms with Crippen LogP contribution in [0.4, 0.5) is 0 Å². The third-order valence-electron chi connectivity index (χ3n) is 2.18. The van der Waals surface area contributed by atoms with Gasteiger partial charge in [-0.1, -0.05) is 18.2 Å². The summed E-state index contributed by atoms with van der Waals surface area (Å²) in [4.78, 5) is 31.8. The lowest BCUT2D eigenvalue weighted by molar-refractivity contribution is -0.137. The normalized spacial score (nSPS) is 10.0. The van der Waals surface area contributed by atoms with Crippen LogP contribution >= 0.6 is 0 Å². The number of carboxylic acid groups (broad SMARTS) is 3. The van der Waals surface area contributed by atoms with E-state index in [1.807, 2.05) is 0 Å². The van der Waals surface area contributed by atoms with Crippen LogP contribution < -0.4 is 0 Å². The molecule has 0 saturated carbocycles. The topological polar surface area (TPSA) is 112 Å². The Morgan fingerprint density at radius 2 is 0.889 bits per heavy atom. The van der Waals surface area contributed by atoms with E-state index in [1.54, 1.807) is 0 Å². The summed E-state index contributed by atoms with van der Waals surface area (Å²) in [6.45, 7) is 0. The third kappa shape index (κ3) is 4.65.